The van der Waals surface area contributed by atoms with Crippen molar-refractivity contribution < 1.29 is 9.18 Å². The Balaban J connectivity index is 1.90. The van der Waals surface area contributed by atoms with Crippen LogP contribution < -0.4 is 11.1 Å². The van der Waals surface area contributed by atoms with Crippen LogP contribution in [0.15, 0.2) is 28.6 Å². The maximum atomic E-state index is 14.6. The van der Waals surface area contributed by atoms with Gasteiger partial charge in [-0.2, -0.15) is 0 Å². The SMILES string of the molecule is CC[C@@]1(c2cc(NC(=O)c3csc(C)n3)ccc2F)CCN=C(N)S1. The zero-order chi connectivity index (χ0) is 18.0. The number of thiazole rings is 1. The molecule has 0 saturated carbocycles. The molecule has 0 saturated heterocycles. The Labute approximate surface area is 153 Å². The van der Waals surface area contributed by atoms with E-state index >= 15 is 0 Å². The topological polar surface area (TPSA) is 80.4 Å². The third kappa shape index (κ3) is 3.69. The van der Waals surface area contributed by atoms with Crippen molar-refractivity contribution in [3.63, 3.8) is 0 Å². The molecule has 0 aliphatic carbocycles. The molecule has 25 heavy (non-hydrogen) atoms. The van der Waals surface area contributed by atoms with Gasteiger partial charge in [-0.05, 0) is 38.0 Å². The summed E-state index contributed by atoms with van der Waals surface area (Å²) in [6, 6.07) is 4.64. The summed E-state index contributed by atoms with van der Waals surface area (Å²) in [7, 11) is 0. The van der Waals surface area contributed by atoms with Crippen molar-refractivity contribution in [1.29, 1.82) is 0 Å². The molecule has 2 heterocycles. The van der Waals surface area contributed by atoms with Crippen molar-refractivity contribution in [2.75, 3.05) is 11.9 Å². The highest BCUT2D eigenvalue weighted by Crippen LogP contribution is 2.46. The van der Waals surface area contributed by atoms with E-state index in [0.717, 1.165) is 5.01 Å². The summed E-state index contributed by atoms with van der Waals surface area (Å²) in [4.78, 5) is 20.7. The number of benzene rings is 1. The minimum absolute atomic E-state index is 0.299. The first-order valence-electron chi connectivity index (χ1n) is 7.96. The number of anilines is 1. The molecule has 5 nitrogen and oxygen atoms in total. The fourth-order valence-electron chi connectivity index (χ4n) is 2.87. The van der Waals surface area contributed by atoms with E-state index in [4.69, 9.17) is 5.73 Å². The molecule has 3 N–H and O–H groups in total. The van der Waals surface area contributed by atoms with Crippen LogP contribution >= 0.6 is 23.1 Å². The van der Waals surface area contributed by atoms with Crippen molar-refractivity contribution in [3.05, 3.63) is 45.7 Å². The normalized spacial score (nSPS) is 20.2. The van der Waals surface area contributed by atoms with Gasteiger partial charge in [0, 0.05) is 23.2 Å². The van der Waals surface area contributed by atoms with Gasteiger partial charge in [0.2, 0.25) is 0 Å². The van der Waals surface area contributed by atoms with Crippen LogP contribution in [0, 0.1) is 12.7 Å². The summed E-state index contributed by atoms with van der Waals surface area (Å²) in [5.74, 6) is -0.601. The van der Waals surface area contributed by atoms with Gasteiger partial charge in [0.15, 0.2) is 5.17 Å². The number of amides is 1. The molecule has 1 aliphatic rings. The van der Waals surface area contributed by atoms with Gasteiger partial charge in [0.05, 0.1) is 9.75 Å². The molecule has 2 aromatic rings. The van der Waals surface area contributed by atoms with Gasteiger partial charge in [-0.15, -0.1) is 11.3 Å². The summed E-state index contributed by atoms with van der Waals surface area (Å²) in [5.41, 5.74) is 7.34. The van der Waals surface area contributed by atoms with Crippen molar-refractivity contribution in [2.45, 2.75) is 31.4 Å². The maximum Gasteiger partial charge on any atom is 0.275 e. The second kappa shape index (κ2) is 7.13. The van der Waals surface area contributed by atoms with E-state index in [1.807, 2.05) is 13.8 Å². The number of aliphatic imine (C=N–C) groups is 1. The number of aromatic nitrogens is 1. The van der Waals surface area contributed by atoms with Gasteiger partial charge in [0.25, 0.3) is 5.91 Å². The van der Waals surface area contributed by atoms with Crippen molar-refractivity contribution >= 4 is 39.9 Å². The highest BCUT2D eigenvalue weighted by molar-refractivity contribution is 8.14. The molecule has 1 aromatic carbocycles. The van der Waals surface area contributed by atoms with Crippen LogP contribution in [-0.4, -0.2) is 22.6 Å². The van der Waals surface area contributed by atoms with Gasteiger partial charge >= 0.3 is 0 Å². The molecule has 132 valence electrons. The molecule has 1 aliphatic heterocycles. The Morgan fingerprint density at radius 2 is 2.28 bits per heavy atom. The number of hydrogen-bond donors (Lipinski definition) is 2. The molecule has 0 spiro atoms. The number of nitrogens with two attached hydrogens (primary N) is 1. The van der Waals surface area contributed by atoms with E-state index in [9.17, 15) is 9.18 Å². The lowest BCUT2D eigenvalue weighted by molar-refractivity contribution is 0.102. The van der Waals surface area contributed by atoms with E-state index in [0.29, 0.717) is 41.5 Å². The van der Waals surface area contributed by atoms with E-state index in [-0.39, 0.29) is 11.7 Å². The van der Waals surface area contributed by atoms with Crippen LogP contribution in [0.3, 0.4) is 0 Å². The molecule has 1 atom stereocenters. The lowest BCUT2D eigenvalue weighted by Gasteiger charge is -2.35. The highest BCUT2D eigenvalue weighted by Gasteiger charge is 2.37. The summed E-state index contributed by atoms with van der Waals surface area (Å²) in [5, 5.41) is 5.80. The Morgan fingerprint density at radius 3 is 2.92 bits per heavy atom. The largest absolute Gasteiger partial charge is 0.379 e. The number of carbonyl (C=O) groups excluding carboxylic acids is 1. The van der Waals surface area contributed by atoms with Crippen LogP contribution in [0.25, 0.3) is 0 Å². The summed E-state index contributed by atoms with van der Waals surface area (Å²) in [6.07, 6.45) is 1.42. The summed E-state index contributed by atoms with van der Waals surface area (Å²) >= 11 is 2.81. The molecule has 0 bridgehead atoms. The predicted molar refractivity (Wildman–Crippen MR) is 102 cm³/mol. The average molecular weight is 378 g/mol. The smallest absolute Gasteiger partial charge is 0.275 e. The van der Waals surface area contributed by atoms with Crippen LogP contribution in [0.2, 0.25) is 0 Å². The standard InChI is InChI=1S/C17H19FN4OS2/c1-3-17(6-7-20-16(19)25-17)12-8-11(4-5-13(12)18)22-15(23)14-9-24-10(2)21-14/h4-5,8-9H,3,6-7H2,1-2H3,(H2,19,20)(H,22,23)/t17-/m0/s1. The van der Waals surface area contributed by atoms with Crippen LogP contribution in [0.1, 0.15) is 40.8 Å². The Kier molecular flexibility index (Phi) is 5.10. The number of rotatable bonds is 4. The fourth-order valence-corrected chi connectivity index (χ4v) is 4.63. The van der Waals surface area contributed by atoms with Crippen LogP contribution in [0.4, 0.5) is 10.1 Å². The molecular formula is C17H19FN4OS2. The lowest BCUT2D eigenvalue weighted by Crippen LogP contribution is -2.31. The van der Waals surface area contributed by atoms with Gasteiger partial charge < -0.3 is 11.1 Å². The molecule has 1 amide bonds. The summed E-state index contributed by atoms with van der Waals surface area (Å²) in [6.45, 7) is 4.42. The van der Waals surface area contributed by atoms with E-state index in [2.05, 4.69) is 15.3 Å². The van der Waals surface area contributed by atoms with Crippen molar-refractivity contribution in [1.82, 2.24) is 4.98 Å². The Morgan fingerprint density at radius 1 is 1.48 bits per heavy atom. The quantitative estimate of drug-likeness (QED) is 0.845. The summed E-state index contributed by atoms with van der Waals surface area (Å²) < 4.78 is 14.1. The lowest BCUT2D eigenvalue weighted by atomic mass is 9.91. The highest BCUT2D eigenvalue weighted by atomic mass is 32.2. The second-order valence-corrected chi connectivity index (χ2v) is 8.29. The van der Waals surface area contributed by atoms with Gasteiger partial charge in [-0.1, -0.05) is 18.7 Å². The zero-order valence-electron chi connectivity index (χ0n) is 14.0. The number of carbonyl (C=O) groups is 1. The maximum absolute atomic E-state index is 14.6. The second-order valence-electron chi connectivity index (χ2n) is 5.82. The number of amidine groups is 1. The Bertz CT molecular complexity index is 836. The minimum Gasteiger partial charge on any atom is -0.379 e. The number of halogens is 1. The van der Waals surface area contributed by atoms with Crippen LogP contribution in [-0.2, 0) is 4.75 Å². The molecule has 8 heteroatoms. The minimum atomic E-state index is -0.464. The van der Waals surface area contributed by atoms with Gasteiger partial charge in [0.1, 0.15) is 11.5 Å². The van der Waals surface area contributed by atoms with Crippen molar-refractivity contribution in [2.24, 2.45) is 10.7 Å². The molecule has 3 rings (SSSR count). The predicted octanol–water partition coefficient (Wildman–Crippen LogP) is 3.90. The van der Waals surface area contributed by atoms with Gasteiger partial charge in [-0.25, -0.2) is 9.37 Å². The van der Waals surface area contributed by atoms with E-state index in [1.54, 1.807) is 17.5 Å². The monoisotopic (exact) mass is 378 g/mol. The third-order valence-electron chi connectivity index (χ3n) is 4.22. The van der Waals surface area contributed by atoms with Crippen molar-refractivity contribution in [3.8, 4) is 0 Å². The molecule has 0 radical (unpaired) electrons. The number of nitrogens with zero attached hydrogens (tertiary/aromatic N) is 2. The Hall–Kier alpha value is -1.93. The third-order valence-corrected chi connectivity index (χ3v) is 6.44. The van der Waals surface area contributed by atoms with Gasteiger partial charge in [-0.3, -0.25) is 9.79 Å². The molecular weight excluding hydrogens is 359 g/mol. The van der Waals surface area contributed by atoms with E-state index in [1.165, 1.54) is 29.2 Å². The van der Waals surface area contributed by atoms with E-state index < -0.39 is 4.75 Å². The zero-order valence-corrected chi connectivity index (χ0v) is 15.6. The average Bonchev–Trinajstić information content (AvgIpc) is 3.03. The molecule has 0 fully saturated rings. The molecule has 1 aromatic heterocycles. The van der Waals surface area contributed by atoms with Crippen LogP contribution in [0.5, 0.6) is 0 Å². The first-order chi connectivity index (χ1) is 11.9. The molecule has 0 unspecified atom stereocenters. The fraction of sp³-hybridized carbons (Fsp3) is 0.353. The number of aryl methyl sites for hydroxylation is 1. The first-order valence-corrected chi connectivity index (χ1v) is 9.65. The number of nitrogens with one attached hydrogen (secondary N) is 1. The first kappa shape index (κ1) is 17.9. The number of hydrogen-bond acceptors (Lipinski definition) is 6. The number of thioether (sulfide) groups is 1.